The standard InChI is InChI=1S/C23H22O3/c1-16-10-12-17(13-11-16)14-15-19(18-6-3-2-4-7-18)20-8-5-9-21(22(20)24)23(25)26/h2-13,19,24H,14-15H2,1H3,(H,25,26). The summed E-state index contributed by atoms with van der Waals surface area (Å²) in [7, 11) is 0. The molecule has 0 aliphatic rings. The third-order valence-electron chi connectivity index (χ3n) is 4.72. The highest BCUT2D eigenvalue weighted by molar-refractivity contribution is 5.91. The van der Waals surface area contributed by atoms with Crippen molar-refractivity contribution < 1.29 is 15.0 Å². The van der Waals surface area contributed by atoms with Crippen LogP contribution in [0.2, 0.25) is 0 Å². The number of carboxylic acids is 1. The second-order valence-electron chi connectivity index (χ2n) is 6.54. The number of rotatable bonds is 6. The Balaban J connectivity index is 1.95. The lowest BCUT2D eigenvalue weighted by Gasteiger charge is -2.20. The maximum Gasteiger partial charge on any atom is 0.339 e. The summed E-state index contributed by atoms with van der Waals surface area (Å²) in [6.45, 7) is 2.06. The average molecular weight is 346 g/mol. The van der Waals surface area contributed by atoms with Gasteiger partial charge in [0.25, 0.3) is 0 Å². The molecule has 0 heterocycles. The second-order valence-corrected chi connectivity index (χ2v) is 6.54. The molecule has 0 bridgehead atoms. The van der Waals surface area contributed by atoms with Gasteiger partial charge in [-0.15, -0.1) is 0 Å². The Kier molecular flexibility index (Phi) is 5.37. The van der Waals surface area contributed by atoms with E-state index in [1.54, 1.807) is 6.07 Å². The molecule has 0 aromatic heterocycles. The third-order valence-corrected chi connectivity index (χ3v) is 4.72. The molecular weight excluding hydrogens is 324 g/mol. The van der Waals surface area contributed by atoms with Crippen molar-refractivity contribution in [3.63, 3.8) is 0 Å². The molecule has 132 valence electrons. The van der Waals surface area contributed by atoms with Gasteiger partial charge in [0.1, 0.15) is 11.3 Å². The number of carbonyl (C=O) groups is 1. The number of para-hydroxylation sites is 1. The smallest absolute Gasteiger partial charge is 0.339 e. The van der Waals surface area contributed by atoms with Gasteiger partial charge in [-0.2, -0.15) is 0 Å². The van der Waals surface area contributed by atoms with E-state index < -0.39 is 5.97 Å². The van der Waals surface area contributed by atoms with Crippen LogP contribution in [0.4, 0.5) is 0 Å². The molecule has 0 spiro atoms. The Hall–Kier alpha value is -3.07. The van der Waals surface area contributed by atoms with Gasteiger partial charge in [0.05, 0.1) is 0 Å². The number of aryl methyl sites for hydroxylation is 2. The van der Waals surface area contributed by atoms with Crippen LogP contribution in [0.5, 0.6) is 5.75 Å². The zero-order valence-electron chi connectivity index (χ0n) is 14.7. The van der Waals surface area contributed by atoms with Gasteiger partial charge in [-0.05, 0) is 37.0 Å². The number of carboxylic acid groups (broad SMARTS) is 1. The maximum absolute atomic E-state index is 11.4. The lowest BCUT2D eigenvalue weighted by atomic mass is 9.85. The van der Waals surface area contributed by atoms with Gasteiger partial charge in [-0.3, -0.25) is 0 Å². The zero-order valence-corrected chi connectivity index (χ0v) is 14.7. The average Bonchev–Trinajstić information content (AvgIpc) is 2.65. The van der Waals surface area contributed by atoms with Crippen LogP contribution in [0.25, 0.3) is 0 Å². The van der Waals surface area contributed by atoms with Gasteiger partial charge in [0.2, 0.25) is 0 Å². The topological polar surface area (TPSA) is 57.5 Å². The van der Waals surface area contributed by atoms with Gasteiger partial charge >= 0.3 is 5.97 Å². The Labute approximate surface area is 153 Å². The van der Waals surface area contributed by atoms with Crippen molar-refractivity contribution >= 4 is 5.97 Å². The number of aromatic hydroxyl groups is 1. The van der Waals surface area contributed by atoms with Crippen molar-refractivity contribution in [3.05, 3.63) is 101 Å². The normalized spacial score (nSPS) is 11.9. The van der Waals surface area contributed by atoms with Crippen molar-refractivity contribution in [2.45, 2.75) is 25.7 Å². The Morgan fingerprint density at radius 1 is 0.923 bits per heavy atom. The molecule has 0 aliphatic heterocycles. The minimum atomic E-state index is -1.12. The first-order valence-electron chi connectivity index (χ1n) is 8.72. The predicted molar refractivity (Wildman–Crippen MR) is 103 cm³/mol. The summed E-state index contributed by atoms with van der Waals surface area (Å²) in [4.78, 5) is 11.4. The molecule has 3 aromatic carbocycles. The Morgan fingerprint density at radius 2 is 1.62 bits per heavy atom. The molecule has 0 aliphatic carbocycles. The summed E-state index contributed by atoms with van der Waals surface area (Å²) in [6.07, 6.45) is 1.63. The fourth-order valence-electron chi connectivity index (χ4n) is 3.27. The first-order valence-corrected chi connectivity index (χ1v) is 8.72. The quantitative estimate of drug-likeness (QED) is 0.648. The van der Waals surface area contributed by atoms with Crippen molar-refractivity contribution in [1.82, 2.24) is 0 Å². The van der Waals surface area contributed by atoms with Crippen LogP contribution in [0.1, 0.15) is 45.0 Å². The summed E-state index contributed by atoms with van der Waals surface area (Å²) in [5.41, 5.74) is 4.12. The molecule has 0 fully saturated rings. The van der Waals surface area contributed by atoms with E-state index in [1.165, 1.54) is 17.2 Å². The van der Waals surface area contributed by atoms with E-state index in [4.69, 9.17) is 0 Å². The van der Waals surface area contributed by atoms with Gasteiger partial charge in [-0.1, -0.05) is 72.3 Å². The minimum absolute atomic E-state index is 0.0567. The zero-order chi connectivity index (χ0) is 18.5. The molecule has 1 atom stereocenters. The lowest BCUT2D eigenvalue weighted by molar-refractivity contribution is 0.0693. The van der Waals surface area contributed by atoms with Gasteiger partial charge in [-0.25, -0.2) is 4.79 Å². The predicted octanol–water partition coefficient (Wildman–Crippen LogP) is 5.16. The summed E-state index contributed by atoms with van der Waals surface area (Å²) in [5, 5.41) is 19.9. The van der Waals surface area contributed by atoms with Gasteiger partial charge in [0, 0.05) is 11.5 Å². The monoisotopic (exact) mass is 346 g/mol. The highest BCUT2D eigenvalue weighted by Crippen LogP contribution is 2.36. The molecule has 2 N–H and O–H groups in total. The Morgan fingerprint density at radius 3 is 2.27 bits per heavy atom. The first-order chi connectivity index (χ1) is 12.6. The van der Waals surface area contributed by atoms with Crippen molar-refractivity contribution in [3.8, 4) is 5.75 Å². The SMILES string of the molecule is Cc1ccc(CCC(c2ccccc2)c2cccc(C(=O)O)c2O)cc1. The lowest BCUT2D eigenvalue weighted by Crippen LogP contribution is -2.06. The molecule has 3 heteroatoms. The van der Waals surface area contributed by atoms with E-state index in [1.807, 2.05) is 36.4 Å². The molecule has 26 heavy (non-hydrogen) atoms. The van der Waals surface area contributed by atoms with Crippen LogP contribution in [0, 0.1) is 6.92 Å². The van der Waals surface area contributed by atoms with E-state index in [2.05, 4.69) is 31.2 Å². The summed E-state index contributed by atoms with van der Waals surface area (Å²) in [5.74, 6) is -1.33. The van der Waals surface area contributed by atoms with Crippen LogP contribution in [-0.2, 0) is 6.42 Å². The van der Waals surface area contributed by atoms with E-state index >= 15 is 0 Å². The summed E-state index contributed by atoms with van der Waals surface area (Å²) < 4.78 is 0. The van der Waals surface area contributed by atoms with Gasteiger partial charge in [0.15, 0.2) is 0 Å². The molecule has 0 amide bonds. The second kappa shape index (κ2) is 7.87. The number of aromatic carboxylic acids is 1. The fourth-order valence-corrected chi connectivity index (χ4v) is 3.27. The fraction of sp³-hybridized carbons (Fsp3) is 0.174. The number of phenols is 1. The van der Waals surface area contributed by atoms with E-state index in [-0.39, 0.29) is 17.2 Å². The Bertz CT molecular complexity index is 883. The molecule has 1 unspecified atom stereocenters. The van der Waals surface area contributed by atoms with Crippen molar-refractivity contribution in [1.29, 1.82) is 0 Å². The number of benzene rings is 3. The van der Waals surface area contributed by atoms with Crippen LogP contribution < -0.4 is 0 Å². The summed E-state index contributed by atoms with van der Waals surface area (Å²) in [6, 6.07) is 23.3. The number of hydrogen-bond donors (Lipinski definition) is 2. The van der Waals surface area contributed by atoms with E-state index in [0.29, 0.717) is 5.56 Å². The highest BCUT2D eigenvalue weighted by atomic mass is 16.4. The molecule has 0 saturated heterocycles. The van der Waals surface area contributed by atoms with Crippen LogP contribution >= 0.6 is 0 Å². The minimum Gasteiger partial charge on any atom is -0.507 e. The summed E-state index contributed by atoms with van der Waals surface area (Å²) >= 11 is 0. The van der Waals surface area contributed by atoms with Crippen LogP contribution in [-0.4, -0.2) is 16.2 Å². The largest absolute Gasteiger partial charge is 0.507 e. The molecule has 3 nitrogen and oxygen atoms in total. The van der Waals surface area contributed by atoms with Gasteiger partial charge < -0.3 is 10.2 Å². The molecule has 3 aromatic rings. The maximum atomic E-state index is 11.4. The van der Waals surface area contributed by atoms with Crippen LogP contribution in [0.15, 0.2) is 72.8 Å². The van der Waals surface area contributed by atoms with Crippen molar-refractivity contribution in [2.24, 2.45) is 0 Å². The molecule has 0 saturated carbocycles. The van der Waals surface area contributed by atoms with E-state index in [0.717, 1.165) is 18.4 Å². The third kappa shape index (κ3) is 3.94. The van der Waals surface area contributed by atoms with Crippen molar-refractivity contribution in [2.75, 3.05) is 0 Å². The van der Waals surface area contributed by atoms with E-state index in [9.17, 15) is 15.0 Å². The highest BCUT2D eigenvalue weighted by Gasteiger charge is 2.21. The molecule has 0 radical (unpaired) electrons. The van der Waals surface area contributed by atoms with Crippen LogP contribution in [0.3, 0.4) is 0 Å². The number of hydrogen-bond acceptors (Lipinski definition) is 2. The first kappa shape index (κ1) is 17.7. The molecule has 3 rings (SSSR count). The molecular formula is C23H22O3.